The summed E-state index contributed by atoms with van der Waals surface area (Å²) in [6, 6.07) is 7.35. The minimum atomic E-state index is -0.226. The number of aliphatic hydroxyl groups is 1. The van der Waals surface area contributed by atoms with Crippen LogP contribution in [0.2, 0.25) is 0 Å². The maximum Gasteiger partial charge on any atom is 0.225 e. The Bertz CT molecular complexity index is 408. The van der Waals surface area contributed by atoms with Gasteiger partial charge in [0.05, 0.1) is 6.10 Å². The number of aliphatic hydroxyl groups excluding tert-OH is 1. The van der Waals surface area contributed by atoms with Crippen LogP contribution in [0.4, 0.5) is 5.69 Å². The van der Waals surface area contributed by atoms with E-state index in [1.54, 1.807) is 0 Å². The molecule has 1 aliphatic heterocycles. The second kappa shape index (κ2) is 6.22. The van der Waals surface area contributed by atoms with E-state index in [-0.39, 0.29) is 12.0 Å². The molecule has 18 heavy (non-hydrogen) atoms. The zero-order chi connectivity index (χ0) is 13.0. The van der Waals surface area contributed by atoms with E-state index in [0.29, 0.717) is 19.5 Å². The highest BCUT2D eigenvalue weighted by Gasteiger charge is 2.20. The predicted molar refractivity (Wildman–Crippen MR) is 74.0 cm³/mol. The largest absolute Gasteiger partial charge is 0.392 e. The lowest BCUT2D eigenvalue weighted by Gasteiger charge is -2.14. The molecular weight excluding hydrogens is 248 g/mol. The number of benzene rings is 1. The number of carbonyl (C=O) groups excluding carboxylic acids is 1. The zero-order valence-electron chi connectivity index (χ0n) is 10.2. The van der Waals surface area contributed by atoms with Gasteiger partial charge in [0.1, 0.15) is 0 Å². The maximum absolute atomic E-state index is 11.7. The third-order valence-corrected chi connectivity index (χ3v) is 3.35. The Morgan fingerprint density at radius 1 is 1.44 bits per heavy atom. The molecule has 1 aromatic carbocycles. The molecule has 0 bridgehead atoms. The van der Waals surface area contributed by atoms with Crippen molar-refractivity contribution in [1.29, 1.82) is 0 Å². The number of β-amino-alcohol motifs (C(OH)–C–C–N with tert-alkyl or cyclic N) is 1. The summed E-state index contributed by atoms with van der Waals surface area (Å²) in [5.74, 6) is 0.00306. The number of thiol groups is 1. The number of carbonyl (C=O) groups is 1. The second-order valence-electron chi connectivity index (χ2n) is 4.59. The van der Waals surface area contributed by atoms with Crippen LogP contribution in [0.3, 0.4) is 0 Å². The highest BCUT2D eigenvalue weighted by Crippen LogP contribution is 2.13. The van der Waals surface area contributed by atoms with Crippen LogP contribution in [-0.4, -0.2) is 41.7 Å². The Hall–Kier alpha value is -1.04. The van der Waals surface area contributed by atoms with Gasteiger partial charge in [-0.1, -0.05) is 0 Å². The van der Waals surface area contributed by atoms with Gasteiger partial charge in [-0.15, -0.1) is 12.6 Å². The van der Waals surface area contributed by atoms with Crippen LogP contribution in [0, 0.1) is 0 Å². The van der Waals surface area contributed by atoms with Gasteiger partial charge in [-0.3, -0.25) is 4.79 Å². The molecule has 2 rings (SSSR count). The molecule has 0 saturated carbocycles. The molecular formula is C13H18N2O2S. The fourth-order valence-corrected chi connectivity index (χ4v) is 2.19. The van der Waals surface area contributed by atoms with Gasteiger partial charge in [-0.05, 0) is 30.7 Å². The van der Waals surface area contributed by atoms with Gasteiger partial charge in [0.25, 0.3) is 0 Å². The van der Waals surface area contributed by atoms with Crippen LogP contribution in [0.25, 0.3) is 0 Å². The molecule has 0 aliphatic carbocycles. The summed E-state index contributed by atoms with van der Waals surface area (Å²) in [7, 11) is 0. The van der Waals surface area contributed by atoms with Crippen molar-refractivity contribution in [2.75, 3.05) is 25.0 Å². The Balaban J connectivity index is 1.73. The van der Waals surface area contributed by atoms with Crippen molar-refractivity contribution in [3.8, 4) is 0 Å². The van der Waals surface area contributed by atoms with Crippen molar-refractivity contribution in [3.63, 3.8) is 0 Å². The van der Waals surface area contributed by atoms with Gasteiger partial charge in [-0.25, -0.2) is 0 Å². The SMILES string of the molecule is O=C(CCN1CC[C@@H](O)C1)Nc1ccc(S)cc1. The van der Waals surface area contributed by atoms with Gasteiger partial charge in [0.15, 0.2) is 0 Å². The molecule has 1 atom stereocenters. The molecule has 98 valence electrons. The fraction of sp³-hybridized carbons (Fsp3) is 0.462. The summed E-state index contributed by atoms with van der Waals surface area (Å²) in [5, 5.41) is 12.2. The average molecular weight is 266 g/mol. The zero-order valence-corrected chi connectivity index (χ0v) is 11.1. The number of likely N-dealkylation sites (tertiary alicyclic amines) is 1. The third kappa shape index (κ3) is 4.01. The van der Waals surface area contributed by atoms with Crippen molar-refractivity contribution in [2.24, 2.45) is 0 Å². The summed E-state index contributed by atoms with van der Waals surface area (Å²) in [5.41, 5.74) is 0.791. The highest BCUT2D eigenvalue weighted by molar-refractivity contribution is 7.80. The second-order valence-corrected chi connectivity index (χ2v) is 5.10. The monoisotopic (exact) mass is 266 g/mol. The molecule has 0 unspecified atom stereocenters. The minimum absolute atomic E-state index is 0.00306. The molecule has 0 aromatic heterocycles. The van der Waals surface area contributed by atoms with Crippen LogP contribution >= 0.6 is 12.6 Å². The fourth-order valence-electron chi connectivity index (χ4n) is 2.04. The van der Waals surface area contributed by atoms with Gasteiger partial charge >= 0.3 is 0 Å². The van der Waals surface area contributed by atoms with E-state index < -0.39 is 0 Å². The lowest BCUT2D eigenvalue weighted by molar-refractivity contribution is -0.116. The third-order valence-electron chi connectivity index (χ3n) is 3.05. The summed E-state index contributed by atoms with van der Waals surface area (Å²) in [4.78, 5) is 14.7. The summed E-state index contributed by atoms with van der Waals surface area (Å²) < 4.78 is 0. The Kier molecular flexibility index (Phi) is 4.63. The minimum Gasteiger partial charge on any atom is -0.392 e. The molecule has 1 saturated heterocycles. The molecule has 1 aromatic rings. The lowest BCUT2D eigenvalue weighted by atomic mass is 10.3. The van der Waals surface area contributed by atoms with Crippen molar-refractivity contribution >= 4 is 24.2 Å². The average Bonchev–Trinajstić information content (AvgIpc) is 2.76. The molecule has 0 spiro atoms. The molecule has 0 radical (unpaired) electrons. The first-order valence-electron chi connectivity index (χ1n) is 6.13. The van der Waals surface area contributed by atoms with Crippen LogP contribution in [0.5, 0.6) is 0 Å². The maximum atomic E-state index is 11.7. The molecule has 4 nitrogen and oxygen atoms in total. The summed E-state index contributed by atoms with van der Waals surface area (Å²) in [6.45, 7) is 2.26. The Morgan fingerprint density at radius 2 is 2.17 bits per heavy atom. The van der Waals surface area contributed by atoms with E-state index in [0.717, 1.165) is 23.5 Å². The van der Waals surface area contributed by atoms with Crippen LogP contribution in [0.15, 0.2) is 29.2 Å². The lowest BCUT2D eigenvalue weighted by Crippen LogP contribution is -2.26. The van der Waals surface area contributed by atoms with Crippen molar-refractivity contribution < 1.29 is 9.90 Å². The predicted octanol–water partition coefficient (Wildman–Crippen LogP) is 1.37. The quantitative estimate of drug-likeness (QED) is 0.722. The van der Waals surface area contributed by atoms with Gasteiger partial charge in [0.2, 0.25) is 5.91 Å². The van der Waals surface area contributed by atoms with E-state index in [1.165, 1.54) is 0 Å². The van der Waals surface area contributed by atoms with E-state index >= 15 is 0 Å². The topological polar surface area (TPSA) is 52.6 Å². The highest BCUT2D eigenvalue weighted by atomic mass is 32.1. The molecule has 1 amide bonds. The molecule has 1 fully saturated rings. The molecule has 5 heteroatoms. The first kappa shape index (κ1) is 13.4. The number of amides is 1. The Morgan fingerprint density at radius 3 is 2.78 bits per heavy atom. The van der Waals surface area contributed by atoms with Crippen molar-refractivity contribution in [3.05, 3.63) is 24.3 Å². The van der Waals surface area contributed by atoms with E-state index in [2.05, 4.69) is 22.8 Å². The first-order chi connectivity index (χ1) is 8.63. The number of nitrogens with zero attached hydrogens (tertiary/aromatic N) is 1. The van der Waals surface area contributed by atoms with Crippen molar-refractivity contribution in [1.82, 2.24) is 4.90 Å². The smallest absolute Gasteiger partial charge is 0.225 e. The summed E-state index contributed by atoms with van der Waals surface area (Å²) in [6.07, 6.45) is 1.04. The van der Waals surface area contributed by atoms with E-state index in [4.69, 9.17) is 0 Å². The number of hydrogen-bond acceptors (Lipinski definition) is 4. The van der Waals surface area contributed by atoms with E-state index in [9.17, 15) is 9.90 Å². The standard InChI is InChI=1S/C13H18N2O2S/c16-11-5-7-15(9-11)8-6-13(17)14-10-1-3-12(18)4-2-10/h1-4,11,16,18H,5-9H2,(H,14,17)/t11-/m1/s1. The molecule has 1 heterocycles. The Labute approximate surface area is 112 Å². The first-order valence-corrected chi connectivity index (χ1v) is 6.57. The van der Waals surface area contributed by atoms with Crippen LogP contribution in [0.1, 0.15) is 12.8 Å². The number of anilines is 1. The number of nitrogens with one attached hydrogen (secondary N) is 1. The van der Waals surface area contributed by atoms with Gasteiger partial charge in [-0.2, -0.15) is 0 Å². The van der Waals surface area contributed by atoms with E-state index in [1.807, 2.05) is 24.3 Å². The van der Waals surface area contributed by atoms with Gasteiger partial charge < -0.3 is 15.3 Å². The molecule has 1 aliphatic rings. The number of rotatable bonds is 4. The normalized spacial score (nSPS) is 20.0. The van der Waals surface area contributed by atoms with Crippen LogP contribution < -0.4 is 5.32 Å². The molecule has 2 N–H and O–H groups in total. The summed E-state index contributed by atoms with van der Waals surface area (Å²) >= 11 is 4.19. The number of hydrogen-bond donors (Lipinski definition) is 3. The van der Waals surface area contributed by atoms with Crippen molar-refractivity contribution in [2.45, 2.75) is 23.8 Å². The van der Waals surface area contributed by atoms with Gasteiger partial charge in [0, 0.05) is 36.6 Å². The van der Waals surface area contributed by atoms with Crippen LogP contribution in [-0.2, 0) is 4.79 Å².